The van der Waals surface area contributed by atoms with Crippen LogP contribution in [0.15, 0.2) is 80.9 Å². The molecule has 0 spiro atoms. The molecule has 1 atom stereocenters. The number of Topliss-reactive ketones (excluding diaryl/α,β-unsaturated/α-hetero) is 1. The van der Waals surface area contributed by atoms with Gasteiger partial charge in [-0.05, 0) is 11.6 Å². The van der Waals surface area contributed by atoms with Gasteiger partial charge in [-0.3, -0.25) is 14.6 Å². The molecule has 2 N–H and O–H groups in total. The molecule has 1 saturated heterocycles. The number of nitrogens with zero attached hydrogens (tertiary/aromatic N) is 4. The molecule has 10 heteroatoms. The third-order valence-electron chi connectivity index (χ3n) is 6.39. The minimum atomic E-state index is -0.912. The van der Waals surface area contributed by atoms with E-state index in [1.807, 2.05) is 59.5 Å². The zero-order chi connectivity index (χ0) is 25.2. The molecule has 2 aromatic carbocycles. The molecule has 4 heterocycles. The average molecular weight is 497 g/mol. The smallest absolute Gasteiger partial charge is 0.317 e. The number of morpholine rings is 1. The van der Waals surface area contributed by atoms with E-state index >= 15 is 0 Å². The topological polar surface area (TPSA) is 126 Å². The van der Waals surface area contributed by atoms with E-state index in [1.54, 1.807) is 6.07 Å². The van der Waals surface area contributed by atoms with Crippen molar-refractivity contribution in [3.63, 3.8) is 0 Å². The number of hydrogen-bond acceptors (Lipinski definition) is 9. The molecule has 2 aliphatic rings. The summed E-state index contributed by atoms with van der Waals surface area (Å²) >= 11 is 0. The van der Waals surface area contributed by atoms with Crippen molar-refractivity contribution < 1.29 is 13.9 Å². The van der Waals surface area contributed by atoms with Crippen LogP contribution in [-0.4, -0.2) is 59.1 Å². The number of aromatic nitrogens is 3. The molecule has 0 aliphatic carbocycles. The van der Waals surface area contributed by atoms with Crippen LogP contribution in [-0.2, 0) is 16.0 Å². The van der Waals surface area contributed by atoms with Crippen molar-refractivity contribution in [2.24, 2.45) is 4.99 Å². The molecule has 6 rings (SSSR count). The lowest BCUT2D eigenvalue weighted by Crippen LogP contribution is -2.37. The van der Waals surface area contributed by atoms with Gasteiger partial charge >= 0.3 is 6.01 Å². The number of aromatic amines is 1. The van der Waals surface area contributed by atoms with Gasteiger partial charge in [-0.2, -0.15) is 0 Å². The Morgan fingerprint density at radius 1 is 0.892 bits per heavy atom. The molecule has 0 unspecified atom stereocenters. The Hall–Kier alpha value is -4.57. The molecule has 2 aliphatic heterocycles. The second-order valence-electron chi connectivity index (χ2n) is 8.79. The van der Waals surface area contributed by atoms with E-state index in [-0.39, 0.29) is 29.7 Å². The first-order valence-electron chi connectivity index (χ1n) is 12.1. The first-order valence-corrected chi connectivity index (χ1v) is 12.1. The Morgan fingerprint density at radius 3 is 2.51 bits per heavy atom. The number of anilines is 2. The molecular formula is C27H24N6O4. The summed E-state index contributed by atoms with van der Waals surface area (Å²) in [6.07, 6.45) is -0.694. The van der Waals surface area contributed by atoms with E-state index in [0.717, 1.165) is 22.4 Å². The van der Waals surface area contributed by atoms with E-state index < -0.39 is 6.17 Å². The summed E-state index contributed by atoms with van der Waals surface area (Å²) in [4.78, 5) is 35.0. The van der Waals surface area contributed by atoms with Gasteiger partial charge in [0.05, 0.1) is 24.5 Å². The molecule has 186 valence electrons. The van der Waals surface area contributed by atoms with Gasteiger partial charge in [-0.25, -0.2) is 0 Å². The normalized spacial score (nSPS) is 17.6. The quantitative estimate of drug-likeness (QED) is 0.432. The lowest BCUT2D eigenvalue weighted by Gasteiger charge is -2.29. The van der Waals surface area contributed by atoms with Crippen molar-refractivity contribution in [2.45, 2.75) is 12.6 Å². The second kappa shape index (κ2) is 9.82. The molecule has 2 aromatic heterocycles. The van der Waals surface area contributed by atoms with Crippen LogP contribution >= 0.6 is 0 Å². The predicted octanol–water partition coefficient (Wildman–Crippen LogP) is 2.66. The van der Waals surface area contributed by atoms with Gasteiger partial charge in [-0.15, -0.1) is 5.10 Å². The van der Waals surface area contributed by atoms with Gasteiger partial charge in [-0.1, -0.05) is 59.7 Å². The van der Waals surface area contributed by atoms with Gasteiger partial charge < -0.3 is 24.4 Å². The van der Waals surface area contributed by atoms with Crippen LogP contribution in [0.25, 0.3) is 11.5 Å². The van der Waals surface area contributed by atoms with Crippen molar-refractivity contribution in [3.05, 3.63) is 93.8 Å². The maximum absolute atomic E-state index is 13.2. The summed E-state index contributed by atoms with van der Waals surface area (Å²) in [7, 11) is 0. The Kier molecular flexibility index (Phi) is 6.07. The molecule has 37 heavy (non-hydrogen) atoms. The number of hydrogen-bond donors (Lipinski definition) is 2. The van der Waals surface area contributed by atoms with Crippen molar-refractivity contribution in [1.82, 2.24) is 15.2 Å². The standard InChI is InChI=1S/C27H24N6O4/c34-21-16-18-8-4-5-9-19(18)23(17-6-2-1-3-7-17)29-24(21)30-27-32-31-26(37-27)20-10-11-22(35)28-25(20)33-12-14-36-15-13-33/h1-11,24H,12-16H2,(H,28,35)(H,30,32)/t24-/m1/s1. The minimum Gasteiger partial charge on any atom is -0.403 e. The predicted molar refractivity (Wildman–Crippen MR) is 138 cm³/mol. The van der Waals surface area contributed by atoms with E-state index in [2.05, 4.69) is 20.5 Å². The van der Waals surface area contributed by atoms with Crippen LogP contribution in [0.2, 0.25) is 0 Å². The number of rotatable bonds is 5. The number of ether oxygens (including phenoxy) is 1. The third-order valence-corrected chi connectivity index (χ3v) is 6.39. The van der Waals surface area contributed by atoms with E-state index in [0.29, 0.717) is 37.7 Å². The van der Waals surface area contributed by atoms with E-state index in [1.165, 1.54) is 6.07 Å². The highest BCUT2D eigenvalue weighted by atomic mass is 16.5. The zero-order valence-corrected chi connectivity index (χ0v) is 19.9. The number of benzene rings is 2. The number of aliphatic imine (C=N–C) groups is 1. The lowest BCUT2D eigenvalue weighted by atomic mass is 9.96. The van der Waals surface area contributed by atoms with Gasteiger partial charge in [0.25, 0.3) is 5.89 Å². The number of nitrogens with one attached hydrogen (secondary N) is 2. The van der Waals surface area contributed by atoms with Crippen LogP contribution in [0.5, 0.6) is 0 Å². The fourth-order valence-corrected chi connectivity index (χ4v) is 4.58. The summed E-state index contributed by atoms with van der Waals surface area (Å²) in [5.41, 5.74) is 3.82. The van der Waals surface area contributed by atoms with Crippen LogP contribution in [0.4, 0.5) is 11.8 Å². The Labute approximate surface area is 212 Å². The summed E-state index contributed by atoms with van der Waals surface area (Å²) < 4.78 is 11.3. The fraction of sp³-hybridized carbons (Fsp3) is 0.222. The first-order chi connectivity index (χ1) is 18.2. The number of carbonyl (C=O) groups excluding carboxylic acids is 1. The Bertz CT molecular complexity index is 1520. The highest BCUT2D eigenvalue weighted by molar-refractivity contribution is 6.16. The number of pyridine rings is 1. The number of fused-ring (bicyclic) bond motifs is 1. The van der Waals surface area contributed by atoms with Gasteiger partial charge in [0.2, 0.25) is 5.56 Å². The molecular weight excluding hydrogens is 472 g/mol. The number of H-pyrrole nitrogens is 1. The average Bonchev–Trinajstić information content (AvgIpc) is 3.35. The fourth-order valence-electron chi connectivity index (χ4n) is 4.58. The third kappa shape index (κ3) is 4.66. The molecule has 0 bridgehead atoms. The summed E-state index contributed by atoms with van der Waals surface area (Å²) in [6.45, 7) is 2.36. The number of carbonyl (C=O) groups is 1. The van der Waals surface area contributed by atoms with E-state index in [4.69, 9.17) is 14.1 Å². The van der Waals surface area contributed by atoms with Crippen LogP contribution in [0.1, 0.15) is 16.7 Å². The zero-order valence-electron chi connectivity index (χ0n) is 19.9. The van der Waals surface area contributed by atoms with Crippen molar-refractivity contribution in [2.75, 3.05) is 36.5 Å². The van der Waals surface area contributed by atoms with Crippen molar-refractivity contribution >= 4 is 23.3 Å². The Morgan fingerprint density at radius 2 is 1.68 bits per heavy atom. The molecule has 0 saturated carbocycles. The maximum Gasteiger partial charge on any atom is 0.317 e. The molecule has 0 amide bonds. The van der Waals surface area contributed by atoms with Crippen molar-refractivity contribution in [3.8, 4) is 11.5 Å². The highest BCUT2D eigenvalue weighted by Crippen LogP contribution is 2.29. The Balaban J connectivity index is 1.33. The minimum absolute atomic E-state index is 0.0644. The summed E-state index contributed by atoms with van der Waals surface area (Å²) in [5.74, 6) is 0.699. The second-order valence-corrected chi connectivity index (χ2v) is 8.79. The van der Waals surface area contributed by atoms with Crippen LogP contribution in [0.3, 0.4) is 0 Å². The van der Waals surface area contributed by atoms with Gasteiger partial charge in [0, 0.05) is 36.7 Å². The monoisotopic (exact) mass is 496 g/mol. The summed E-state index contributed by atoms with van der Waals surface area (Å²) in [5, 5.41) is 11.3. The molecule has 0 radical (unpaired) electrons. The lowest BCUT2D eigenvalue weighted by molar-refractivity contribution is -0.119. The highest BCUT2D eigenvalue weighted by Gasteiger charge is 2.28. The maximum atomic E-state index is 13.2. The largest absolute Gasteiger partial charge is 0.403 e. The molecule has 10 nitrogen and oxygen atoms in total. The van der Waals surface area contributed by atoms with Crippen LogP contribution < -0.4 is 15.8 Å². The molecule has 1 fully saturated rings. The first kappa shape index (κ1) is 22.9. The van der Waals surface area contributed by atoms with E-state index in [9.17, 15) is 9.59 Å². The SMILES string of the molecule is O=C1Cc2ccccc2C(c2ccccc2)=N[C@@H]1Nc1nnc(-c2ccc(=O)[nH]c2N2CCOCC2)o1. The van der Waals surface area contributed by atoms with Gasteiger partial charge in [0.15, 0.2) is 11.9 Å². The molecule has 4 aromatic rings. The van der Waals surface area contributed by atoms with Gasteiger partial charge in [0.1, 0.15) is 5.82 Å². The number of ketones is 1. The van der Waals surface area contributed by atoms with Crippen molar-refractivity contribution in [1.29, 1.82) is 0 Å². The van der Waals surface area contributed by atoms with Crippen LogP contribution in [0, 0.1) is 0 Å². The summed E-state index contributed by atoms with van der Waals surface area (Å²) in [6, 6.07) is 20.7.